The third kappa shape index (κ3) is 4.27. The van der Waals surface area contributed by atoms with Gasteiger partial charge in [-0.15, -0.1) is 10.2 Å². The molecule has 1 heterocycles. The van der Waals surface area contributed by atoms with Crippen LogP contribution in [0, 0.1) is 17.0 Å². The Hall–Kier alpha value is -2.62. The smallest absolute Gasteiger partial charge is 0.315 e. The van der Waals surface area contributed by atoms with Gasteiger partial charge >= 0.3 is 5.69 Å². The summed E-state index contributed by atoms with van der Waals surface area (Å²) in [5, 5.41) is 24.2. The lowest BCUT2D eigenvalue weighted by atomic mass is 10.2. The van der Waals surface area contributed by atoms with E-state index in [9.17, 15) is 10.1 Å². The molecule has 0 unspecified atom stereocenters. The van der Waals surface area contributed by atoms with E-state index in [1.807, 2.05) is 13.2 Å². The summed E-state index contributed by atoms with van der Waals surface area (Å²) in [6, 6.07) is 3.04. The molecule has 0 radical (unpaired) electrons. The van der Waals surface area contributed by atoms with Crippen molar-refractivity contribution < 1.29 is 14.4 Å². The van der Waals surface area contributed by atoms with Gasteiger partial charge in [0.2, 0.25) is 10.9 Å². The number of aryl methyl sites for hydroxylation is 1. The Kier molecular flexibility index (Phi) is 6.34. The minimum absolute atomic E-state index is 0.122. The second-order valence-corrected chi connectivity index (χ2v) is 5.74. The molecule has 0 fully saturated rings. The van der Waals surface area contributed by atoms with E-state index < -0.39 is 4.92 Å². The van der Waals surface area contributed by atoms with Gasteiger partial charge in [0.05, 0.1) is 24.9 Å². The lowest BCUT2D eigenvalue weighted by Gasteiger charge is -2.11. The SMILES string of the molecule is CCCOc1c(OC)cc(/C=N\n2c(C)nnc2SC)cc1[N+](=O)[O-]. The van der Waals surface area contributed by atoms with Crippen molar-refractivity contribution in [3.05, 3.63) is 33.6 Å². The molecular formula is C15H19N5O4S. The topological polar surface area (TPSA) is 105 Å². The van der Waals surface area contributed by atoms with Gasteiger partial charge in [-0.2, -0.15) is 9.78 Å². The predicted molar refractivity (Wildman–Crippen MR) is 95.0 cm³/mol. The summed E-state index contributed by atoms with van der Waals surface area (Å²) in [7, 11) is 1.44. The fourth-order valence-corrected chi connectivity index (χ4v) is 2.52. The number of aromatic nitrogens is 3. The van der Waals surface area contributed by atoms with E-state index in [2.05, 4.69) is 15.3 Å². The molecule has 0 saturated carbocycles. The standard InChI is InChI=1S/C15H19N5O4S/c1-5-6-24-14-12(20(21)22)7-11(8-13(14)23-3)9-16-19-10(2)17-18-15(19)25-4/h7-9H,5-6H2,1-4H3/b16-9-. The summed E-state index contributed by atoms with van der Waals surface area (Å²) in [4.78, 5) is 10.9. The predicted octanol–water partition coefficient (Wildman–Crippen LogP) is 2.90. The molecule has 2 rings (SSSR count). The first kappa shape index (κ1) is 18.7. The summed E-state index contributed by atoms with van der Waals surface area (Å²) in [6.45, 7) is 4.06. The maximum atomic E-state index is 11.4. The average molecular weight is 365 g/mol. The van der Waals surface area contributed by atoms with Crippen LogP contribution in [0.15, 0.2) is 22.4 Å². The van der Waals surface area contributed by atoms with E-state index in [0.717, 1.165) is 6.42 Å². The molecule has 1 aromatic carbocycles. The van der Waals surface area contributed by atoms with Gasteiger partial charge in [0, 0.05) is 11.6 Å². The van der Waals surface area contributed by atoms with Crippen molar-refractivity contribution in [1.82, 2.24) is 14.9 Å². The van der Waals surface area contributed by atoms with Crippen molar-refractivity contribution in [2.75, 3.05) is 20.0 Å². The van der Waals surface area contributed by atoms with Gasteiger partial charge in [-0.25, -0.2) is 0 Å². The molecule has 0 saturated heterocycles. The number of benzene rings is 1. The van der Waals surface area contributed by atoms with Gasteiger partial charge in [-0.1, -0.05) is 18.7 Å². The number of rotatable bonds is 8. The van der Waals surface area contributed by atoms with E-state index in [1.165, 1.54) is 31.2 Å². The Balaban J connectivity index is 2.44. The number of nitro groups is 1. The summed E-state index contributed by atoms with van der Waals surface area (Å²) >= 11 is 1.40. The number of hydrogen-bond donors (Lipinski definition) is 0. The quantitative estimate of drug-likeness (QED) is 0.306. The Morgan fingerprint density at radius 1 is 1.44 bits per heavy atom. The molecule has 0 N–H and O–H groups in total. The van der Waals surface area contributed by atoms with Crippen molar-refractivity contribution in [2.24, 2.45) is 5.10 Å². The number of thioether (sulfide) groups is 1. The van der Waals surface area contributed by atoms with E-state index in [0.29, 0.717) is 23.2 Å². The fraction of sp³-hybridized carbons (Fsp3) is 0.400. The zero-order valence-electron chi connectivity index (χ0n) is 14.4. The second kappa shape index (κ2) is 8.47. The summed E-state index contributed by atoms with van der Waals surface area (Å²) in [5.74, 6) is 1.02. The van der Waals surface area contributed by atoms with Gasteiger partial charge in [-0.05, 0) is 25.7 Å². The molecule has 134 valence electrons. The third-order valence-corrected chi connectivity index (χ3v) is 3.82. The molecule has 0 atom stereocenters. The summed E-state index contributed by atoms with van der Waals surface area (Å²) in [6.07, 6.45) is 4.09. The number of hydrogen-bond acceptors (Lipinski definition) is 8. The lowest BCUT2D eigenvalue weighted by Crippen LogP contribution is -2.03. The summed E-state index contributed by atoms with van der Waals surface area (Å²) in [5.41, 5.74) is 0.340. The van der Waals surface area contributed by atoms with Crippen molar-refractivity contribution in [3.63, 3.8) is 0 Å². The van der Waals surface area contributed by atoms with E-state index >= 15 is 0 Å². The normalized spacial score (nSPS) is 11.0. The second-order valence-electron chi connectivity index (χ2n) is 4.97. The molecule has 2 aromatic rings. The van der Waals surface area contributed by atoms with Crippen LogP contribution in [0.4, 0.5) is 5.69 Å². The van der Waals surface area contributed by atoms with E-state index in [1.54, 1.807) is 17.7 Å². The highest BCUT2D eigenvalue weighted by molar-refractivity contribution is 7.98. The zero-order chi connectivity index (χ0) is 18.4. The zero-order valence-corrected chi connectivity index (χ0v) is 15.2. The first-order chi connectivity index (χ1) is 12.0. The fourth-order valence-electron chi connectivity index (χ4n) is 2.04. The van der Waals surface area contributed by atoms with Gasteiger partial charge in [0.1, 0.15) is 0 Å². The molecule has 25 heavy (non-hydrogen) atoms. The number of ether oxygens (including phenoxy) is 2. The molecule has 0 amide bonds. The van der Waals surface area contributed by atoms with Crippen LogP contribution in [0.2, 0.25) is 0 Å². The van der Waals surface area contributed by atoms with Crippen LogP contribution >= 0.6 is 11.8 Å². The van der Waals surface area contributed by atoms with Gasteiger partial charge in [-0.3, -0.25) is 10.1 Å². The van der Waals surface area contributed by atoms with Crippen LogP contribution in [0.25, 0.3) is 0 Å². The Labute approximate surface area is 149 Å². The van der Waals surface area contributed by atoms with Crippen molar-refractivity contribution >= 4 is 23.7 Å². The molecule has 10 heteroatoms. The first-order valence-electron chi connectivity index (χ1n) is 7.51. The summed E-state index contributed by atoms with van der Waals surface area (Å²) < 4.78 is 12.3. The number of nitrogens with zero attached hydrogens (tertiary/aromatic N) is 5. The van der Waals surface area contributed by atoms with Crippen LogP contribution in [0.5, 0.6) is 11.5 Å². The van der Waals surface area contributed by atoms with Crippen LogP contribution in [-0.4, -0.2) is 46.0 Å². The van der Waals surface area contributed by atoms with Crippen molar-refractivity contribution in [2.45, 2.75) is 25.4 Å². The molecule has 0 aliphatic rings. The molecule has 0 aliphatic heterocycles. The van der Waals surface area contributed by atoms with Crippen LogP contribution in [0.1, 0.15) is 24.7 Å². The molecule has 0 bridgehead atoms. The Morgan fingerprint density at radius 2 is 2.20 bits per heavy atom. The number of methoxy groups -OCH3 is 1. The highest BCUT2D eigenvalue weighted by Crippen LogP contribution is 2.38. The molecule has 1 aromatic heterocycles. The number of nitro benzene ring substituents is 1. The van der Waals surface area contributed by atoms with Crippen molar-refractivity contribution in [3.8, 4) is 11.5 Å². The molecule has 9 nitrogen and oxygen atoms in total. The highest BCUT2D eigenvalue weighted by Gasteiger charge is 2.22. The monoisotopic (exact) mass is 365 g/mol. The van der Waals surface area contributed by atoms with E-state index in [-0.39, 0.29) is 17.2 Å². The molecule has 0 spiro atoms. The Bertz CT molecular complexity index is 790. The lowest BCUT2D eigenvalue weighted by molar-refractivity contribution is -0.386. The highest BCUT2D eigenvalue weighted by atomic mass is 32.2. The van der Waals surface area contributed by atoms with Gasteiger partial charge in [0.25, 0.3) is 0 Å². The van der Waals surface area contributed by atoms with E-state index in [4.69, 9.17) is 9.47 Å². The average Bonchev–Trinajstić information content (AvgIpc) is 2.97. The third-order valence-electron chi connectivity index (χ3n) is 3.20. The van der Waals surface area contributed by atoms with Gasteiger partial charge in [0.15, 0.2) is 11.6 Å². The molecular weight excluding hydrogens is 346 g/mol. The maximum Gasteiger partial charge on any atom is 0.315 e. The Morgan fingerprint density at radius 3 is 2.80 bits per heavy atom. The molecule has 0 aliphatic carbocycles. The van der Waals surface area contributed by atoms with Crippen LogP contribution in [-0.2, 0) is 0 Å². The minimum Gasteiger partial charge on any atom is -0.493 e. The minimum atomic E-state index is -0.498. The largest absolute Gasteiger partial charge is 0.493 e. The first-order valence-corrected chi connectivity index (χ1v) is 8.73. The van der Waals surface area contributed by atoms with Crippen molar-refractivity contribution in [1.29, 1.82) is 0 Å². The maximum absolute atomic E-state index is 11.4. The van der Waals surface area contributed by atoms with Gasteiger partial charge < -0.3 is 9.47 Å². The van der Waals surface area contributed by atoms with Crippen LogP contribution in [0.3, 0.4) is 0 Å². The van der Waals surface area contributed by atoms with Crippen LogP contribution < -0.4 is 9.47 Å².